The summed E-state index contributed by atoms with van der Waals surface area (Å²) < 4.78 is 0. The molecule has 1 aliphatic rings. The Labute approximate surface area is 123 Å². The first-order chi connectivity index (χ1) is 9.03. The summed E-state index contributed by atoms with van der Waals surface area (Å²) in [6.45, 7) is 4.17. The summed E-state index contributed by atoms with van der Waals surface area (Å²) >= 11 is 7.57. The van der Waals surface area contributed by atoms with Crippen molar-refractivity contribution in [1.82, 2.24) is 10.3 Å². The largest absolute Gasteiger partial charge is 0.297 e. The van der Waals surface area contributed by atoms with E-state index in [2.05, 4.69) is 30.2 Å². The van der Waals surface area contributed by atoms with E-state index in [0.717, 1.165) is 24.3 Å². The van der Waals surface area contributed by atoms with Gasteiger partial charge in [-0.15, -0.1) is 11.8 Å². The first kappa shape index (κ1) is 14.6. The van der Waals surface area contributed by atoms with E-state index < -0.39 is 0 Å². The molecule has 3 nitrogen and oxygen atoms in total. The van der Waals surface area contributed by atoms with Crippen LogP contribution in [0.2, 0.25) is 5.02 Å². The van der Waals surface area contributed by atoms with Gasteiger partial charge in [-0.2, -0.15) is 5.26 Å². The van der Waals surface area contributed by atoms with Crippen LogP contribution in [0, 0.1) is 11.3 Å². The lowest BCUT2D eigenvalue weighted by Crippen LogP contribution is -2.45. The molecule has 1 N–H and O–H groups in total. The van der Waals surface area contributed by atoms with E-state index in [9.17, 15) is 5.26 Å². The Kier molecular flexibility index (Phi) is 4.72. The van der Waals surface area contributed by atoms with Crippen molar-refractivity contribution in [3.8, 4) is 6.07 Å². The number of hydrogen-bond acceptors (Lipinski definition) is 4. The van der Waals surface area contributed by atoms with E-state index in [1.807, 2.05) is 12.1 Å². The number of rotatable bonds is 4. The van der Waals surface area contributed by atoms with E-state index in [-0.39, 0.29) is 5.54 Å². The fourth-order valence-corrected chi connectivity index (χ4v) is 3.84. The van der Waals surface area contributed by atoms with Crippen LogP contribution >= 0.6 is 23.4 Å². The van der Waals surface area contributed by atoms with Crippen molar-refractivity contribution in [3.05, 3.63) is 23.4 Å². The first-order valence-electron chi connectivity index (χ1n) is 6.50. The second-order valence-electron chi connectivity index (χ2n) is 5.29. The summed E-state index contributed by atoms with van der Waals surface area (Å²) in [6, 6.07) is 6.59. The van der Waals surface area contributed by atoms with E-state index >= 15 is 0 Å². The Morgan fingerprint density at radius 1 is 1.58 bits per heavy atom. The van der Waals surface area contributed by atoms with E-state index in [1.165, 1.54) is 0 Å². The first-order valence-corrected chi connectivity index (χ1v) is 7.76. The van der Waals surface area contributed by atoms with Crippen molar-refractivity contribution in [2.75, 3.05) is 0 Å². The number of nitrogens with one attached hydrogen (secondary N) is 1. The van der Waals surface area contributed by atoms with Crippen LogP contribution in [0.5, 0.6) is 0 Å². The third kappa shape index (κ3) is 3.85. The third-order valence-corrected chi connectivity index (χ3v) is 4.68. The van der Waals surface area contributed by atoms with Gasteiger partial charge >= 0.3 is 0 Å². The Hall–Kier alpha value is -0.760. The van der Waals surface area contributed by atoms with Gasteiger partial charge in [0.15, 0.2) is 0 Å². The molecule has 2 unspecified atom stereocenters. The zero-order valence-electron chi connectivity index (χ0n) is 11.2. The molecule has 5 heteroatoms. The molecule has 0 spiro atoms. The summed E-state index contributed by atoms with van der Waals surface area (Å²) in [5, 5.41) is 14.9. The number of halogens is 1. The average molecular weight is 296 g/mol. The number of nitrogens with zero attached hydrogens (tertiary/aromatic N) is 2. The van der Waals surface area contributed by atoms with Crippen LogP contribution < -0.4 is 5.32 Å². The monoisotopic (exact) mass is 295 g/mol. The summed E-state index contributed by atoms with van der Waals surface area (Å²) in [7, 11) is 0. The van der Waals surface area contributed by atoms with Gasteiger partial charge in [-0.25, -0.2) is 4.98 Å². The molecule has 0 radical (unpaired) electrons. The van der Waals surface area contributed by atoms with Gasteiger partial charge in [0.05, 0.1) is 16.1 Å². The van der Waals surface area contributed by atoms with Crippen molar-refractivity contribution in [3.63, 3.8) is 0 Å². The van der Waals surface area contributed by atoms with Gasteiger partial charge in [-0.3, -0.25) is 5.32 Å². The molecule has 0 bridgehead atoms. The zero-order chi connectivity index (χ0) is 13.9. The van der Waals surface area contributed by atoms with E-state index in [4.69, 9.17) is 11.6 Å². The highest BCUT2D eigenvalue weighted by atomic mass is 35.5. The lowest BCUT2D eigenvalue weighted by Gasteiger charge is -2.25. The maximum absolute atomic E-state index is 9.43. The standard InChI is InChI=1S/C14H18ClN3S/c1-10(2)18-14(9-16)6-5-12(7-14)19-13-4-3-11(15)8-17-13/h3-4,8,10,12,18H,5-7H2,1-2H3. The van der Waals surface area contributed by atoms with Crippen LogP contribution in [0.15, 0.2) is 23.4 Å². The zero-order valence-corrected chi connectivity index (χ0v) is 12.8. The maximum Gasteiger partial charge on any atom is 0.108 e. The summed E-state index contributed by atoms with van der Waals surface area (Å²) in [5.74, 6) is 0. The normalized spacial score (nSPS) is 26.6. The highest BCUT2D eigenvalue weighted by Crippen LogP contribution is 2.39. The van der Waals surface area contributed by atoms with Crippen molar-refractivity contribution < 1.29 is 0 Å². The molecule has 1 fully saturated rings. The number of thioether (sulfide) groups is 1. The second kappa shape index (κ2) is 6.13. The number of nitriles is 1. The molecular weight excluding hydrogens is 278 g/mol. The van der Waals surface area contributed by atoms with E-state index in [0.29, 0.717) is 16.3 Å². The highest BCUT2D eigenvalue weighted by Gasteiger charge is 2.40. The lowest BCUT2D eigenvalue weighted by atomic mass is 9.99. The summed E-state index contributed by atoms with van der Waals surface area (Å²) in [4.78, 5) is 4.30. The summed E-state index contributed by atoms with van der Waals surface area (Å²) in [6.07, 6.45) is 4.49. The van der Waals surface area contributed by atoms with Gasteiger partial charge in [-0.05, 0) is 45.2 Å². The molecule has 1 saturated carbocycles. The van der Waals surface area contributed by atoms with Gasteiger partial charge in [0.2, 0.25) is 0 Å². The van der Waals surface area contributed by atoms with Crippen LogP contribution in [0.4, 0.5) is 0 Å². The van der Waals surface area contributed by atoms with Crippen LogP contribution in [-0.2, 0) is 0 Å². The minimum atomic E-state index is -0.363. The Morgan fingerprint density at radius 3 is 2.95 bits per heavy atom. The highest BCUT2D eigenvalue weighted by molar-refractivity contribution is 7.99. The number of hydrogen-bond donors (Lipinski definition) is 1. The van der Waals surface area contributed by atoms with Crippen molar-refractivity contribution in [2.45, 2.75) is 55.0 Å². The predicted octanol–water partition coefficient (Wildman–Crippen LogP) is 3.64. The molecule has 2 atom stereocenters. The topological polar surface area (TPSA) is 48.7 Å². The van der Waals surface area contributed by atoms with Crippen LogP contribution in [0.25, 0.3) is 0 Å². The van der Waals surface area contributed by atoms with E-state index in [1.54, 1.807) is 18.0 Å². The molecule has 2 rings (SSSR count). The molecule has 0 saturated heterocycles. The molecule has 0 amide bonds. The molecule has 0 aliphatic heterocycles. The molecule has 19 heavy (non-hydrogen) atoms. The molecule has 0 aromatic carbocycles. The van der Waals surface area contributed by atoms with Crippen molar-refractivity contribution >= 4 is 23.4 Å². The van der Waals surface area contributed by atoms with Gasteiger partial charge in [0.25, 0.3) is 0 Å². The SMILES string of the molecule is CC(C)NC1(C#N)CCC(Sc2ccc(Cl)cn2)C1. The van der Waals surface area contributed by atoms with Crippen LogP contribution in [0.1, 0.15) is 33.1 Å². The minimum Gasteiger partial charge on any atom is -0.297 e. The second-order valence-corrected chi connectivity index (χ2v) is 7.05. The van der Waals surface area contributed by atoms with Crippen LogP contribution in [0.3, 0.4) is 0 Å². The van der Waals surface area contributed by atoms with Gasteiger partial charge in [0, 0.05) is 17.5 Å². The van der Waals surface area contributed by atoms with Gasteiger partial charge < -0.3 is 0 Å². The fraction of sp³-hybridized carbons (Fsp3) is 0.571. The Bertz CT molecular complexity index is 469. The lowest BCUT2D eigenvalue weighted by molar-refractivity contribution is 0.386. The molecule has 1 aromatic rings. The Morgan fingerprint density at radius 2 is 2.37 bits per heavy atom. The maximum atomic E-state index is 9.43. The van der Waals surface area contributed by atoms with Gasteiger partial charge in [-0.1, -0.05) is 11.6 Å². The molecular formula is C14H18ClN3S. The fourth-order valence-electron chi connectivity index (χ4n) is 2.52. The molecule has 1 aliphatic carbocycles. The van der Waals surface area contributed by atoms with Crippen LogP contribution in [-0.4, -0.2) is 21.8 Å². The molecule has 1 aromatic heterocycles. The predicted molar refractivity (Wildman–Crippen MR) is 79.4 cm³/mol. The summed E-state index contributed by atoms with van der Waals surface area (Å²) in [5.41, 5.74) is -0.363. The average Bonchev–Trinajstić information content (AvgIpc) is 2.75. The molecule has 102 valence electrons. The van der Waals surface area contributed by atoms with Crippen molar-refractivity contribution in [1.29, 1.82) is 5.26 Å². The van der Waals surface area contributed by atoms with Crippen molar-refractivity contribution in [2.24, 2.45) is 0 Å². The smallest absolute Gasteiger partial charge is 0.108 e. The molecule has 1 heterocycles. The third-order valence-electron chi connectivity index (χ3n) is 3.24. The Balaban J connectivity index is 1.98. The van der Waals surface area contributed by atoms with Gasteiger partial charge in [0.1, 0.15) is 5.54 Å². The number of pyridine rings is 1. The quantitative estimate of drug-likeness (QED) is 0.921. The minimum absolute atomic E-state index is 0.331. The number of aromatic nitrogens is 1.